The molecule has 1 aromatic heterocycles. The van der Waals surface area contributed by atoms with Gasteiger partial charge in [0.25, 0.3) is 17.4 Å². The van der Waals surface area contributed by atoms with Crippen LogP contribution in [0.4, 0.5) is 0 Å². The molecule has 7 nitrogen and oxygen atoms in total. The number of amides is 2. The number of hydrazine groups is 1. The van der Waals surface area contributed by atoms with Gasteiger partial charge in [0.1, 0.15) is 0 Å². The number of allylic oxidation sites excluding steroid dienone is 1. The van der Waals surface area contributed by atoms with E-state index in [0.717, 1.165) is 23.3 Å². The number of nitrogens with zero attached hydrogens (tertiary/aromatic N) is 1. The third-order valence-corrected chi connectivity index (χ3v) is 7.43. The molecule has 1 aromatic carbocycles. The smallest absolute Gasteiger partial charge is 0.268 e. The van der Waals surface area contributed by atoms with Crippen molar-refractivity contribution in [1.82, 2.24) is 21.0 Å². The molecule has 4 bridgehead atoms. The van der Waals surface area contributed by atoms with Gasteiger partial charge in [0.2, 0.25) is 0 Å². The minimum Gasteiger partial charge on any atom is -0.268 e. The van der Waals surface area contributed by atoms with Crippen molar-refractivity contribution in [1.29, 1.82) is 0 Å². The summed E-state index contributed by atoms with van der Waals surface area (Å²) >= 11 is 0. The van der Waals surface area contributed by atoms with Gasteiger partial charge in [0.05, 0.1) is 5.39 Å². The van der Waals surface area contributed by atoms with Crippen molar-refractivity contribution in [3.05, 3.63) is 52.0 Å². The van der Waals surface area contributed by atoms with Gasteiger partial charge in [-0.05, 0) is 74.7 Å². The van der Waals surface area contributed by atoms with Crippen molar-refractivity contribution in [2.45, 2.75) is 45.4 Å². The van der Waals surface area contributed by atoms with Gasteiger partial charge in [-0.1, -0.05) is 23.8 Å². The molecule has 0 radical (unpaired) electrons. The fourth-order valence-electron chi connectivity index (χ4n) is 6.44. The normalized spacial score (nSPS) is 29.8. The number of hydrogen-bond donors (Lipinski definition) is 3. The Balaban J connectivity index is 1.28. The Labute approximate surface area is 174 Å². The summed E-state index contributed by atoms with van der Waals surface area (Å²) in [5, 5.41) is 7.00. The summed E-state index contributed by atoms with van der Waals surface area (Å²) in [6.45, 7) is 2.06. The van der Waals surface area contributed by atoms with Crippen LogP contribution in [0.15, 0.2) is 40.7 Å². The van der Waals surface area contributed by atoms with E-state index in [0.29, 0.717) is 10.8 Å². The minimum atomic E-state index is -0.573. The van der Waals surface area contributed by atoms with E-state index in [2.05, 4.69) is 28.0 Å². The van der Waals surface area contributed by atoms with Crippen LogP contribution >= 0.6 is 0 Å². The molecule has 3 N–H and O–H groups in total. The molecule has 4 aliphatic carbocycles. The number of rotatable bonds is 3. The molecule has 7 heteroatoms. The van der Waals surface area contributed by atoms with Crippen molar-refractivity contribution in [3.8, 4) is 0 Å². The second kappa shape index (κ2) is 7.07. The summed E-state index contributed by atoms with van der Waals surface area (Å²) in [7, 11) is 0. The Kier molecular flexibility index (Phi) is 4.49. The lowest BCUT2D eigenvalue weighted by atomic mass is 9.48. The molecule has 4 aliphatic rings. The Morgan fingerprint density at radius 3 is 2.27 bits per heavy atom. The summed E-state index contributed by atoms with van der Waals surface area (Å²) in [5.41, 5.74) is 5.89. The summed E-state index contributed by atoms with van der Waals surface area (Å²) in [6, 6.07) is 6.74. The minimum absolute atomic E-state index is 0.0623. The molecule has 1 heterocycles. The van der Waals surface area contributed by atoms with Crippen LogP contribution < -0.4 is 16.4 Å². The van der Waals surface area contributed by atoms with Crippen LogP contribution in [0.25, 0.3) is 10.8 Å². The lowest BCUT2D eigenvalue weighted by Crippen LogP contribution is -2.47. The summed E-state index contributed by atoms with van der Waals surface area (Å²) in [6.07, 6.45) is 9.28. The van der Waals surface area contributed by atoms with Crippen LogP contribution in [0.5, 0.6) is 0 Å². The zero-order chi connectivity index (χ0) is 20.9. The van der Waals surface area contributed by atoms with E-state index in [9.17, 15) is 14.4 Å². The van der Waals surface area contributed by atoms with Crippen LogP contribution in [0.2, 0.25) is 0 Å². The average Bonchev–Trinajstić information content (AvgIpc) is 2.71. The fourth-order valence-corrected chi connectivity index (χ4v) is 6.44. The highest BCUT2D eigenvalue weighted by molar-refractivity contribution is 6.05. The largest absolute Gasteiger partial charge is 0.290 e. The van der Waals surface area contributed by atoms with Crippen molar-refractivity contribution in [2.24, 2.45) is 23.2 Å². The van der Waals surface area contributed by atoms with E-state index >= 15 is 0 Å². The number of fused-ring (bicyclic) bond motifs is 1. The first kappa shape index (κ1) is 19.0. The number of aromatic amines is 1. The summed E-state index contributed by atoms with van der Waals surface area (Å²) in [4.78, 5) is 36.9. The maximum Gasteiger partial charge on any atom is 0.290 e. The summed E-state index contributed by atoms with van der Waals surface area (Å²) < 4.78 is 0. The van der Waals surface area contributed by atoms with Crippen LogP contribution in [0.1, 0.15) is 55.9 Å². The van der Waals surface area contributed by atoms with Gasteiger partial charge >= 0.3 is 0 Å². The third-order valence-electron chi connectivity index (χ3n) is 7.43. The van der Waals surface area contributed by atoms with Gasteiger partial charge < -0.3 is 0 Å². The lowest BCUT2D eigenvalue weighted by Gasteiger charge is -2.57. The lowest BCUT2D eigenvalue weighted by molar-refractivity contribution is -0.117. The predicted molar refractivity (Wildman–Crippen MR) is 112 cm³/mol. The van der Waals surface area contributed by atoms with E-state index < -0.39 is 5.91 Å². The number of carbonyl (C=O) groups is 2. The van der Waals surface area contributed by atoms with Crippen molar-refractivity contribution >= 4 is 22.6 Å². The predicted octanol–water partition coefficient (Wildman–Crippen LogP) is 2.85. The van der Waals surface area contributed by atoms with Gasteiger partial charge in [-0.15, -0.1) is 0 Å². The van der Waals surface area contributed by atoms with E-state index in [1.807, 2.05) is 0 Å². The second-order valence-electron chi connectivity index (χ2n) is 9.42. The fraction of sp³-hybridized carbons (Fsp3) is 0.478. The Morgan fingerprint density at radius 1 is 1.03 bits per heavy atom. The first-order chi connectivity index (χ1) is 14.4. The topological polar surface area (TPSA) is 104 Å². The molecular formula is C23H26N4O3. The van der Waals surface area contributed by atoms with Crippen LogP contribution in [-0.4, -0.2) is 22.0 Å². The molecule has 2 amide bonds. The summed E-state index contributed by atoms with van der Waals surface area (Å²) in [5.74, 6) is 1.51. The zero-order valence-corrected chi connectivity index (χ0v) is 17.0. The number of hydrogen-bond acceptors (Lipinski definition) is 4. The van der Waals surface area contributed by atoms with Gasteiger partial charge in [0.15, 0.2) is 5.69 Å². The van der Waals surface area contributed by atoms with Gasteiger partial charge in [0, 0.05) is 11.5 Å². The molecule has 0 atom stereocenters. The Bertz CT molecular complexity index is 1080. The molecule has 4 saturated carbocycles. The SMILES string of the molecule is C/C(=C/C(=O)NNC(=O)c1n[nH]c(=O)c2ccccc12)C12CC3CC(CC(C3)C1)C2. The molecule has 30 heavy (non-hydrogen) atoms. The number of nitrogens with one attached hydrogen (secondary N) is 3. The first-order valence-corrected chi connectivity index (χ1v) is 10.7. The monoisotopic (exact) mass is 406 g/mol. The van der Waals surface area contributed by atoms with Crippen molar-refractivity contribution < 1.29 is 9.59 Å². The molecule has 0 unspecified atom stereocenters. The highest BCUT2D eigenvalue weighted by Gasteiger charge is 2.51. The Hall–Kier alpha value is -2.96. The number of carbonyl (C=O) groups excluding carboxylic acids is 2. The van der Waals surface area contributed by atoms with E-state index in [1.54, 1.807) is 30.3 Å². The Morgan fingerprint density at radius 2 is 1.63 bits per heavy atom. The first-order valence-electron chi connectivity index (χ1n) is 10.7. The van der Waals surface area contributed by atoms with Crippen molar-refractivity contribution in [3.63, 3.8) is 0 Å². The molecule has 4 fully saturated rings. The number of aromatic nitrogens is 2. The molecule has 0 saturated heterocycles. The highest BCUT2D eigenvalue weighted by atomic mass is 16.2. The molecule has 2 aromatic rings. The zero-order valence-electron chi connectivity index (χ0n) is 17.0. The second-order valence-corrected chi connectivity index (χ2v) is 9.42. The molecule has 0 aliphatic heterocycles. The number of H-pyrrole nitrogens is 1. The maximum absolute atomic E-state index is 12.6. The highest BCUT2D eigenvalue weighted by Crippen LogP contribution is 2.62. The van der Waals surface area contributed by atoms with Crippen LogP contribution in [0.3, 0.4) is 0 Å². The molecular weight excluding hydrogens is 380 g/mol. The van der Waals surface area contributed by atoms with E-state index in [1.165, 1.54) is 38.5 Å². The van der Waals surface area contributed by atoms with Gasteiger partial charge in [-0.3, -0.25) is 25.2 Å². The standard InChI is InChI=1S/C23H26N4O3/c1-13(23-10-14-7-15(11-23)9-16(8-14)12-23)6-19(28)24-27-22(30)20-17-4-2-3-5-18(17)21(29)26-25-20/h2-6,14-16H,7-12H2,1H3,(H,24,28)(H,26,29)(H,27,30)/b13-6-. The molecule has 0 spiro atoms. The molecule has 6 rings (SSSR count). The van der Waals surface area contributed by atoms with E-state index in [-0.39, 0.29) is 22.6 Å². The van der Waals surface area contributed by atoms with Gasteiger partial charge in [-0.25, -0.2) is 5.10 Å². The molecule has 156 valence electrons. The third kappa shape index (κ3) is 3.22. The maximum atomic E-state index is 12.6. The van der Waals surface area contributed by atoms with Crippen LogP contribution in [-0.2, 0) is 4.79 Å². The van der Waals surface area contributed by atoms with Gasteiger partial charge in [-0.2, -0.15) is 5.10 Å². The van der Waals surface area contributed by atoms with Crippen LogP contribution in [0, 0.1) is 23.2 Å². The quantitative estimate of drug-likeness (QED) is 0.538. The van der Waals surface area contributed by atoms with Crippen molar-refractivity contribution in [2.75, 3.05) is 0 Å². The average molecular weight is 406 g/mol. The van der Waals surface area contributed by atoms with E-state index in [4.69, 9.17) is 0 Å². The number of benzene rings is 1.